The molecule has 1 fully saturated rings. The second-order valence-corrected chi connectivity index (χ2v) is 10.3. The molecule has 0 aliphatic carbocycles. The fourth-order valence-corrected chi connectivity index (χ4v) is 5.02. The van der Waals surface area contributed by atoms with Gasteiger partial charge >= 0.3 is 5.97 Å². The van der Waals surface area contributed by atoms with Gasteiger partial charge in [0.2, 0.25) is 0 Å². The molecule has 0 saturated carbocycles. The number of benzene rings is 1. The highest BCUT2D eigenvalue weighted by molar-refractivity contribution is 5.70. The van der Waals surface area contributed by atoms with Crippen LogP contribution in [-0.4, -0.2) is 43.2 Å². The standard InChI is InChI=1S/C30H50NO2.ClH/c1-3-4-5-6-7-8-9-10-11-18-25-33-30(32)27-31(22-16-13-17-23-31)24-21-28(2)26-29-19-14-12-15-20-29;/h12,14-15,19-21H,3-11,13,16-18,22-27H2,1-2H3;1H/q+1;/p-1/b28-21-;. The minimum Gasteiger partial charge on any atom is -1.00 e. The van der Waals surface area contributed by atoms with Crippen LogP contribution >= 0.6 is 0 Å². The summed E-state index contributed by atoms with van der Waals surface area (Å²) in [6.45, 7) is 8.77. The van der Waals surface area contributed by atoms with E-state index in [2.05, 4.69) is 50.3 Å². The van der Waals surface area contributed by atoms with E-state index in [-0.39, 0.29) is 18.4 Å². The molecule has 0 amide bonds. The summed E-state index contributed by atoms with van der Waals surface area (Å²) in [5.74, 6) is 0.00179. The van der Waals surface area contributed by atoms with Gasteiger partial charge in [0.1, 0.15) is 0 Å². The summed E-state index contributed by atoms with van der Waals surface area (Å²) >= 11 is 0. The van der Waals surface area contributed by atoms with Gasteiger partial charge in [-0.2, -0.15) is 0 Å². The van der Waals surface area contributed by atoms with Crippen LogP contribution in [0.2, 0.25) is 0 Å². The molecular weight excluding hydrogens is 442 g/mol. The molecule has 1 saturated heterocycles. The Morgan fingerprint density at radius 3 is 2.09 bits per heavy atom. The number of piperidine rings is 1. The van der Waals surface area contributed by atoms with Crippen LogP contribution < -0.4 is 12.4 Å². The van der Waals surface area contributed by atoms with E-state index in [4.69, 9.17) is 4.74 Å². The van der Waals surface area contributed by atoms with Crippen LogP contribution in [0.1, 0.15) is 103 Å². The zero-order valence-electron chi connectivity index (χ0n) is 22.0. The number of hydrogen-bond acceptors (Lipinski definition) is 2. The van der Waals surface area contributed by atoms with Crippen molar-refractivity contribution < 1.29 is 26.4 Å². The summed E-state index contributed by atoms with van der Waals surface area (Å²) in [6.07, 6.45) is 20.1. The van der Waals surface area contributed by atoms with Gasteiger partial charge in [0.15, 0.2) is 6.54 Å². The molecule has 0 aromatic heterocycles. The molecule has 1 aliphatic heterocycles. The van der Waals surface area contributed by atoms with Gasteiger partial charge in [0.05, 0.1) is 26.2 Å². The summed E-state index contributed by atoms with van der Waals surface area (Å²) in [5, 5.41) is 0. The van der Waals surface area contributed by atoms with Crippen LogP contribution in [0, 0.1) is 0 Å². The first-order chi connectivity index (χ1) is 16.1. The first kappa shape index (κ1) is 30.7. The van der Waals surface area contributed by atoms with Gasteiger partial charge in [-0.05, 0) is 50.7 Å². The van der Waals surface area contributed by atoms with Gasteiger partial charge in [0.25, 0.3) is 0 Å². The number of carbonyl (C=O) groups is 1. The number of quaternary nitrogens is 1. The maximum atomic E-state index is 12.7. The Morgan fingerprint density at radius 2 is 1.47 bits per heavy atom. The summed E-state index contributed by atoms with van der Waals surface area (Å²) in [4.78, 5) is 12.7. The molecule has 2 rings (SSSR count). The van der Waals surface area contributed by atoms with Crippen molar-refractivity contribution in [3.63, 3.8) is 0 Å². The zero-order valence-corrected chi connectivity index (χ0v) is 22.8. The van der Waals surface area contributed by atoms with E-state index in [0.717, 1.165) is 37.0 Å². The zero-order chi connectivity index (χ0) is 23.6. The Hall–Kier alpha value is -1.32. The molecule has 0 spiro atoms. The lowest BCUT2D eigenvalue weighted by Gasteiger charge is -2.40. The highest BCUT2D eigenvalue weighted by atomic mass is 35.5. The Labute approximate surface area is 216 Å². The number of unbranched alkanes of at least 4 members (excludes halogenated alkanes) is 9. The number of carbonyl (C=O) groups excluding carboxylic acids is 1. The van der Waals surface area contributed by atoms with Crippen molar-refractivity contribution in [2.75, 3.05) is 32.8 Å². The molecule has 34 heavy (non-hydrogen) atoms. The number of likely N-dealkylation sites (tertiary alicyclic amines) is 1. The lowest BCUT2D eigenvalue weighted by atomic mass is 10.0. The third-order valence-electron chi connectivity index (χ3n) is 7.14. The molecule has 1 aromatic rings. The second-order valence-electron chi connectivity index (χ2n) is 10.3. The number of esters is 1. The minimum absolute atomic E-state index is 0. The SMILES string of the molecule is CCCCCCCCCCCCOC(=O)C[N+]1(C/C=C(/C)Cc2ccccc2)CCCCC1.[Cl-]. The van der Waals surface area contributed by atoms with E-state index in [1.165, 1.54) is 88.2 Å². The molecule has 194 valence electrons. The van der Waals surface area contributed by atoms with E-state index in [1.54, 1.807) is 0 Å². The van der Waals surface area contributed by atoms with E-state index >= 15 is 0 Å². The Kier molecular flexibility index (Phi) is 17.1. The first-order valence-corrected chi connectivity index (χ1v) is 13.8. The highest BCUT2D eigenvalue weighted by Gasteiger charge is 2.32. The summed E-state index contributed by atoms with van der Waals surface area (Å²) < 4.78 is 6.55. The largest absolute Gasteiger partial charge is 1.00 e. The van der Waals surface area contributed by atoms with Crippen molar-refractivity contribution in [2.45, 2.75) is 104 Å². The predicted octanol–water partition coefficient (Wildman–Crippen LogP) is 4.64. The van der Waals surface area contributed by atoms with Crippen molar-refractivity contribution in [1.82, 2.24) is 0 Å². The van der Waals surface area contributed by atoms with Gasteiger partial charge in [-0.15, -0.1) is 0 Å². The third-order valence-corrected chi connectivity index (χ3v) is 7.14. The summed E-state index contributed by atoms with van der Waals surface area (Å²) in [7, 11) is 0. The number of ether oxygens (including phenoxy) is 1. The van der Waals surface area contributed by atoms with Crippen molar-refractivity contribution in [3.8, 4) is 0 Å². The third kappa shape index (κ3) is 13.5. The number of halogens is 1. The van der Waals surface area contributed by atoms with Crippen LogP contribution in [0.4, 0.5) is 0 Å². The van der Waals surface area contributed by atoms with Crippen molar-refractivity contribution in [3.05, 3.63) is 47.5 Å². The number of allylic oxidation sites excluding steroid dienone is 1. The smallest absolute Gasteiger partial charge is 0.361 e. The van der Waals surface area contributed by atoms with E-state index in [0.29, 0.717) is 13.2 Å². The molecular formula is C30H50ClNO2. The van der Waals surface area contributed by atoms with Crippen LogP contribution in [-0.2, 0) is 16.0 Å². The van der Waals surface area contributed by atoms with Crippen LogP contribution in [0.15, 0.2) is 42.0 Å². The molecule has 0 radical (unpaired) electrons. The average Bonchev–Trinajstić information content (AvgIpc) is 2.82. The van der Waals surface area contributed by atoms with Crippen molar-refractivity contribution >= 4 is 5.97 Å². The van der Waals surface area contributed by atoms with E-state index in [1.807, 2.05) is 0 Å². The Balaban J connectivity index is 0.00000578. The summed E-state index contributed by atoms with van der Waals surface area (Å²) in [6, 6.07) is 10.6. The number of rotatable bonds is 17. The van der Waals surface area contributed by atoms with E-state index in [9.17, 15) is 4.79 Å². The van der Waals surface area contributed by atoms with Crippen LogP contribution in [0.25, 0.3) is 0 Å². The topological polar surface area (TPSA) is 26.3 Å². The first-order valence-electron chi connectivity index (χ1n) is 13.8. The predicted molar refractivity (Wildman–Crippen MR) is 140 cm³/mol. The molecule has 3 nitrogen and oxygen atoms in total. The molecule has 0 unspecified atom stereocenters. The lowest BCUT2D eigenvalue weighted by Crippen LogP contribution is -3.00. The van der Waals surface area contributed by atoms with Crippen LogP contribution in [0.3, 0.4) is 0 Å². The average molecular weight is 492 g/mol. The van der Waals surface area contributed by atoms with Gasteiger partial charge in [-0.1, -0.05) is 101 Å². The fourth-order valence-electron chi connectivity index (χ4n) is 5.02. The summed E-state index contributed by atoms with van der Waals surface area (Å²) in [5.41, 5.74) is 2.75. The van der Waals surface area contributed by atoms with Gasteiger partial charge in [-0.3, -0.25) is 0 Å². The second kappa shape index (κ2) is 18.9. The van der Waals surface area contributed by atoms with E-state index < -0.39 is 0 Å². The lowest BCUT2D eigenvalue weighted by molar-refractivity contribution is -0.920. The van der Waals surface area contributed by atoms with Crippen LogP contribution in [0.5, 0.6) is 0 Å². The van der Waals surface area contributed by atoms with Gasteiger partial charge in [-0.25, -0.2) is 4.79 Å². The molecule has 0 bridgehead atoms. The molecule has 4 heteroatoms. The van der Waals surface area contributed by atoms with Gasteiger partial charge < -0.3 is 21.6 Å². The molecule has 1 heterocycles. The van der Waals surface area contributed by atoms with Crippen molar-refractivity contribution in [1.29, 1.82) is 0 Å². The monoisotopic (exact) mass is 491 g/mol. The number of hydrogen-bond donors (Lipinski definition) is 0. The molecule has 0 atom stereocenters. The molecule has 1 aromatic carbocycles. The highest BCUT2D eigenvalue weighted by Crippen LogP contribution is 2.20. The Morgan fingerprint density at radius 1 is 0.882 bits per heavy atom. The maximum Gasteiger partial charge on any atom is 0.361 e. The van der Waals surface area contributed by atoms with Crippen molar-refractivity contribution in [2.24, 2.45) is 0 Å². The molecule has 0 N–H and O–H groups in total. The normalized spacial score (nSPS) is 15.5. The fraction of sp³-hybridized carbons (Fsp3) is 0.700. The maximum absolute atomic E-state index is 12.7. The quantitative estimate of drug-likeness (QED) is 0.137. The van der Waals surface area contributed by atoms with Gasteiger partial charge in [0, 0.05) is 0 Å². The number of nitrogens with zero attached hydrogens (tertiary/aromatic N) is 1. The Bertz CT molecular complexity index is 668. The minimum atomic E-state index is 0. The molecule has 1 aliphatic rings.